The average molecular weight is 702 g/mol. The lowest BCUT2D eigenvalue weighted by Crippen LogP contribution is -2.20. The molecule has 0 spiro atoms. The Morgan fingerprint density at radius 1 is 1.00 bits per heavy atom. The lowest BCUT2D eigenvalue weighted by atomic mass is 10.1. The van der Waals surface area contributed by atoms with Crippen molar-refractivity contribution in [1.29, 1.82) is 0 Å². The Kier molecular flexibility index (Phi) is 8.23. The first-order chi connectivity index (χ1) is 20.0. The fourth-order valence-electron chi connectivity index (χ4n) is 4.05. The maximum absolute atomic E-state index is 13.5. The van der Waals surface area contributed by atoms with Gasteiger partial charge in [0.2, 0.25) is 0 Å². The minimum Gasteiger partial charge on any atom is -0.488 e. The summed E-state index contributed by atoms with van der Waals surface area (Å²) in [6, 6.07) is 20.1. The van der Waals surface area contributed by atoms with Crippen LogP contribution < -0.4 is 10.3 Å². The number of benzene rings is 4. The molecule has 0 saturated carbocycles. The molecule has 0 aliphatic rings. The van der Waals surface area contributed by atoms with Crippen molar-refractivity contribution in [2.24, 2.45) is 5.10 Å². The monoisotopic (exact) mass is 700 g/mol. The zero-order valence-electron chi connectivity index (χ0n) is 21.2. The molecule has 13 heteroatoms. The van der Waals surface area contributed by atoms with Crippen LogP contribution in [0.15, 0.2) is 104 Å². The van der Waals surface area contributed by atoms with E-state index in [1.54, 1.807) is 18.2 Å². The Labute approximate surface area is 252 Å². The first-order valence-corrected chi connectivity index (χ1v) is 13.7. The molecular weight excluding hydrogens is 685 g/mol. The van der Waals surface area contributed by atoms with Crippen molar-refractivity contribution >= 4 is 54.7 Å². The molecule has 0 aliphatic carbocycles. The summed E-state index contributed by atoms with van der Waals surface area (Å²) in [6.07, 6.45) is -3.45. The number of alkyl halides is 3. The van der Waals surface area contributed by atoms with Crippen LogP contribution in [0.2, 0.25) is 0 Å². The Bertz CT molecular complexity index is 1930. The van der Waals surface area contributed by atoms with Crippen LogP contribution in [0.4, 0.5) is 18.9 Å². The van der Waals surface area contributed by atoms with Crippen molar-refractivity contribution < 1.29 is 22.8 Å². The fraction of sp³-hybridized carbons (Fsp3) is 0.0690. The van der Waals surface area contributed by atoms with Crippen LogP contribution in [0, 0.1) is 10.1 Å². The molecule has 8 nitrogen and oxygen atoms in total. The molecule has 5 aromatic rings. The number of hydrogen-bond acceptors (Lipinski definition) is 6. The normalized spacial score (nSPS) is 11.7. The zero-order chi connectivity index (χ0) is 30.0. The molecule has 4 aromatic carbocycles. The summed E-state index contributed by atoms with van der Waals surface area (Å²) in [5.74, 6) is 0.0781. The number of hydrogen-bond donors (Lipinski definition) is 0. The van der Waals surface area contributed by atoms with Gasteiger partial charge in [-0.05, 0) is 42.5 Å². The Morgan fingerprint density at radius 2 is 1.79 bits per heavy atom. The number of aromatic nitrogens is 2. The summed E-state index contributed by atoms with van der Waals surface area (Å²) in [5.41, 5.74) is -0.604. The molecule has 0 saturated heterocycles. The topological polar surface area (TPSA) is 99.6 Å². The van der Waals surface area contributed by atoms with Crippen LogP contribution in [-0.4, -0.2) is 20.8 Å². The molecule has 0 atom stereocenters. The highest BCUT2D eigenvalue weighted by molar-refractivity contribution is 9.11. The molecule has 0 unspecified atom stereocenters. The minimum atomic E-state index is -4.62. The molecule has 0 amide bonds. The van der Waals surface area contributed by atoms with Gasteiger partial charge in [0, 0.05) is 37.8 Å². The number of para-hydroxylation sites is 1. The molecule has 1 heterocycles. The van der Waals surface area contributed by atoms with E-state index >= 15 is 0 Å². The van der Waals surface area contributed by atoms with Crippen molar-refractivity contribution in [3.63, 3.8) is 0 Å². The lowest BCUT2D eigenvalue weighted by molar-refractivity contribution is -0.384. The highest BCUT2D eigenvalue weighted by Gasteiger charge is 2.31. The van der Waals surface area contributed by atoms with E-state index in [4.69, 9.17) is 4.74 Å². The van der Waals surface area contributed by atoms with Gasteiger partial charge in [0.25, 0.3) is 11.2 Å². The number of non-ortho nitro benzene ring substituents is 1. The molecule has 0 bridgehead atoms. The Hall–Kier alpha value is -4.36. The second-order valence-electron chi connectivity index (χ2n) is 8.90. The summed E-state index contributed by atoms with van der Waals surface area (Å²) in [7, 11) is 0. The highest BCUT2D eigenvalue weighted by atomic mass is 79.9. The highest BCUT2D eigenvalue weighted by Crippen LogP contribution is 2.32. The number of halogens is 5. The van der Waals surface area contributed by atoms with E-state index in [0.29, 0.717) is 0 Å². The van der Waals surface area contributed by atoms with Crippen LogP contribution >= 0.6 is 31.9 Å². The van der Waals surface area contributed by atoms with Gasteiger partial charge in [0.05, 0.1) is 27.6 Å². The predicted molar refractivity (Wildman–Crippen MR) is 159 cm³/mol. The van der Waals surface area contributed by atoms with Gasteiger partial charge in [0.15, 0.2) is 5.82 Å². The smallest absolute Gasteiger partial charge is 0.416 e. The Morgan fingerprint density at radius 3 is 2.52 bits per heavy atom. The molecule has 42 heavy (non-hydrogen) atoms. The average Bonchev–Trinajstić information content (AvgIpc) is 2.96. The molecule has 212 valence electrons. The molecule has 0 aliphatic heterocycles. The van der Waals surface area contributed by atoms with E-state index in [1.807, 2.05) is 18.2 Å². The second-order valence-corrected chi connectivity index (χ2v) is 10.7. The van der Waals surface area contributed by atoms with Gasteiger partial charge in [-0.15, -0.1) is 0 Å². The van der Waals surface area contributed by atoms with E-state index < -0.39 is 22.2 Å². The van der Waals surface area contributed by atoms with Crippen LogP contribution in [0.1, 0.15) is 16.7 Å². The van der Waals surface area contributed by atoms with E-state index in [2.05, 4.69) is 41.9 Å². The number of fused-ring (bicyclic) bond motifs is 1. The number of nitrogens with zero attached hydrogens (tertiary/aromatic N) is 4. The van der Waals surface area contributed by atoms with Crippen LogP contribution in [0.25, 0.3) is 22.3 Å². The fourth-order valence-corrected chi connectivity index (χ4v) is 5.21. The number of nitro benzene ring substituents is 1. The summed E-state index contributed by atoms with van der Waals surface area (Å²) in [5, 5.41) is 15.9. The van der Waals surface area contributed by atoms with Gasteiger partial charge in [-0.2, -0.15) is 22.9 Å². The first kappa shape index (κ1) is 29.1. The summed E-state index contributed by atoms with van der Waals surface area (Å²) < 4.78 is 48.9. The van der Waals surface area contributed by atoms with Crippen LogP contribution in [0.3, 0.4) is 0 Å². The van der Waals surface area contributed by atoms with Gasteiger partial charge >= 0.3 is 6.18 Å². The van der Waals surface area contributed by atoms with Crippen LogP contribution in [0.5, 0.6) is 5.75 Å². The number of nitro groups is 1. The van der Waals surface area contributed by atoms with Crippen molar-refractivity contribution in [2.75, 3.05) is 0 Å². The third-order valence-electron chi connectivity index (χ3n) is 6.12. The molecule has 1 aromatic heterocycles. The van der Waals surface area contributed by atoms with E-state index in [1.165, 1.54) is 42.6 Å². The van der Waals surface area contributed by atoms with Crippen molar-refractivity contribution in [1.82, 2.24) is 9.66 Å². The van der Waals surface area contributed by atoms with Gasteiger partial charge < -0.3 is 4.74 Å². The summed E-state index contributed by atoms with van der Waals surface area (Å²) in [6.45, 7) is 0.0967. The Balaban J connectivity index is 1.62. The maximum atomic E-state index is 13.5. The first-order valence-electron chi connectivity index (χ1n) is 12.1. The number of ether oxygens (including phenoxy) is 1. The predicted octanol–water partition coefficient (Wildman–Crippen LogP) is 7.98. The number of rotatable bonds is 7. The summed E-state index contributed by atoms with van der Waals surface area (Å²) >= 11 is 6.85. The maximum Gasteiger partial charge on any atom is 0.416 e. The third kappa shape index (κ3) is 6.26. The van der Waals surface area contributed by atoms with E-state index in [-0.39, 0.29) is 45.9 Å². The molecular formula is C29H17Br2F3N4O4. The van der Waals surface area contributed by atoms with Gasteiger partial charge in [0.1, 0.15) is 12.4 Å². The zero-order valence-corrected chi connectivity index (χ0v) is 24.4. The van der Waals surface area contributed by atoms with Gasteiger partial charge in [-0.1, -0.05) is 62.2 Å². The molecule has 0 N–H and O–H groups in total. The molecule has 5 rings (SSSR count). The lowest BCUT2D eigenvalue weighted by Gasteiger charge is -2.13. The van der Waals surface area contributed by atoms with Crippen molar-refractivity contribution in [3.8, 4) is 17.1 Å². The van der Waals surface area contributed by atoms with Crippen molar-refractivity contribution in [2.45, 2.75) is 12.8 Å². The van der Waals surface area contributed by atoms with E-state index in [0.717, 1.165) is 31.3 Å². The third-order valence-corrected chi connectivity index (χ3v) is 7.35. The standard InChI is InChI=1S/C29H17Br2F3N4O4/c30-21-9-8-18(24(31)14-21)16-42-26-11-10-22(38(40)41)13-19(26)15-35-37-27(17-4-3-5-20(12-17)29(32,33)34)36-25-7-2-1-6-23(25)28(37)39/h1-15H,16H2. The van der Waals surface area contributed by atoms with Crippen LogP contribution in [-0.2, 0) is 12.8 Å². The molecule has 0 radical (unpaired) electrons. The quantitative estimate of drug-likeness (QED) is 0.0974. The van der Waals surface area contributed by atoms with E-state index in [9.17, 15) is 28.1 Å². The SMILES string of the molecule is O=c1c2ccccc2nc(-c2cccc(C(F)(F)F)c2)n1N=Cc1cc([N+](=O)[O-])ccc1OCc1ccc(Br)cc1Br. The summed E-state index contributed by atoms with van der Waals surface area (Å²) in [4.78, 5) is 28.8. The molecule has 0 fully saturated rings. The minimum absolute atomic E-state index is 0.000400. The largest absolute Gasteiger partial charge is 0.488 e. The van der Waals surface area contributed by atoms with Gasteiger partial charge in [-0.3, -0.25) is 14.9 Å². The van der Waals surface area contributed by atoms with Gasteiger partial charge in [-0.25, -0.2) is 4.98 Å². The van der Waals surface area contributed by atoms with Crippen molar-refractivity contribution in [3.05, 3.63) is 131 Å². The second kappa shape index (κ2) is 11.9.